The Morgan fingerprint density at radius 2 is 1.61 bits per heavy atom. The van der Waals surface area contributed by atoms with Gasteiger partial charge in [-0.15, -0.1) is 0 Å². The van der Waals surface area contributed by atoms with Crippen LogP contribution in [0.2, 0.25) is 0 Å². The molecule has 6 nitrogen and oxygen atoms in total. The molecule has 0 bridgehead atoms. The molecular weight excluding hydrogens is 350 g/mol. The molecule has 4 rings (SSSR count). The van der Waals surface area contributed by atoms with Crippen molar-refractivity contribution in [2.45, 2.75) is 6.54 Å². The first kappa shape index (κ1) is 18.0. The van der Waals surface area contributed by atoms with E-state index in [0.717, 1.165) is 37.6 Å². The van der Waals surface area contributed by atoms with Gasteiger partial charge in [0.2, 0.25) is 0 Å². The fourth-order valence-electron chi connectivity index (χ4n) is 3.33. The van der Waals surface area contributed by atoms with Crippen molar-refractivity contribution >= 4 is 17.4 Å². The van der Waals surface area contributed by atoms with Gasteiger partial charge in [0.25, 0.3) is 5.91 Å². The van der Waals surface area contributed by atoms with Gasteiger partial charge in [-0.25, -0.2) is 4.98 Å². The highest BCUT2D eigenvalue weighted by Gasteiger charge is 2.18. The van der Waals surface area contributed by atoms with Gasteiger partial charge in [0.05, 0.1) is 5.56 Å². The fraction of sp³-hybridized carbons (Fsp3) is 0.227. The lowest BCUT2D eigenvalue weighted by molar-refractivity contribution is 0.0950. The standard InChI is InChI=1S/C22H23N5O/c28-22(25-16-18-8-10-23-11-9-18)19-6-7-21(24-17-19)27-14-12-26(13-15-27)20-4-2-1-3-5-20/h1-11,17H,12-16H2,(H,25,28). The second-order valence-corrected chi connectivity index (χ2v) is 6.75. The van der Waals surface area contributed by atoms with Crippen LogP contribution in [-0.4, -0.2) is 42.1 Å². The van der Waals surface area contributed by atoms with Crippen molar-refractivity contribution in [3.05, 3.63) is 84.3 Å². The molecule has 142 valence electrons. The molecule has 28 heavy (non-hydrogen) atoms. The number of nitrogens with zero attached hydrogens (tertiary/aromatic N) is 4. The number of pyridine rings is 2. The molecule has 3 aromatic rings. The lowest BCUT2D eigenvalue weighted by Gasteiger charge is -2.36. The van der Waals surface area contributed by atoms with Crippen LogP contribution in [0.5, 0.6) is 0 Å². The van der Waals surface area contributed by atoms with Crippen LogP contribution in [0.1, 0.15) is 15.9 Å². The van der Waals surface area contributed by atoms with Crippen molar-refractivity contribution in [3.8, 4) is 0 Å². The molecule has 1 fully saturated rings. The van der Waals surface area contributed by atoms with Crippen LogP contribution >= 0.6 is 0 Å². The van der Waals surface area contributed by atoms with Gasteiger partial charge in [0.1, 0.15) is 5.82 Å². The summed E-state index contributed by atoms with van der Waals surface area (Å²) in [4.78, 5) is 25.5. The molecule has 2 aromatic heterocycles. The topological polar surface area (TPSA) is 61.4 Å². The van der Waals surface area contributed by atoms with Gasteiger partial charge in [0, 0.05) is 57.0 Å². The minimum absolute atomic E-state index is 0.121. The number of carbonyl (C=O) groups is 1. The summed E-state index contributed by atoms with van der Waals surface area (Å²) in [5.41, 5.74) is 2.85. The zero-order valence-corrected chi connectivity index (χ0v) is 15.7. The molecule has 3 heterocycles. The Bertz CT molecular complexity index is 891. The number of piperazine rings is 1. The minimum atomic E-state index is -0.121. The molecule has 0 atom stereocenters. The highest BCUT2D eigenvalue weighted by Crippen LogP contribution is 2.19. The van der Waals surface area contributed by atoms with Crippen LogP contribution in [0.15, 0.2) is 73.2 Å². The van der Waals surface area contributed by atoms with Gasteiger partial charge in [-0.1, -0.05) is 18.2 Å². The predicted molar refractivity (Wildman–Crippen MR) is 111 cm³/mol. The average Bonchev–Trinajstić information content (AvgIpc) is 2.79. The number of anilines is 2. The summed E-state index contributed by atoms with van der Waals surface area (Å²) in [5.74, 6) is 0.795. The Morgan fingerprint density at radius 3 is 2.29 bits per heavy atom. The maximum atomic E-state index is 12.3. The lowest BCUT2D eigenvalue weighted by Crippen LogP contribution is -2.46. The van der Waals surface area contributed by atoms with Crippen LogP contribution in [0.25, 0.3) is 0 Å². The van der Waals surface area contributed by atoms with Crippen molar-refractivity contribution in [3.63, 3.8) is 0 Å². The molecule has 1 aromatic carbocycles. The molecule has 1 N–H and O–H groups in total. The van der Waals surface area contributed by atoms with Crippen molar-refractivity contribution in [2.24, 2.45) is 0 Å². The molecule has 0 aliphatic carbocycles. The molecule has 0 unspecified atom stereocenters. The Kier molecular flexibility index (Phi) is 5.47. The van der Waals surface area contributed by atoms with Crippen molar-refractivity contribution in [1.29, 1.82) is 0 Å². The number of hydrogen-bond acceptors (Lipinski definition) is 5. The molecule has 0 saturated carbocycles. The normalized spacial score (nSPS) is 14.0. The SMILES string of the molecule is O=C(NCc1ccncc1)c1ccc(N2CCN(c3ccccc3)CC2)nc1. The summed E-state index contributed by atoms with van der Waals surface area (Å²) in [7, 11) is 0. The molecule has 1 saturated heterocycles. The average molecular weight is 373 g/mol. The second kappa shape index (κ2) is 8.52. The number of amides is 1. The Morgan fingerprint density at radius 1 is 0.893 bits per heavy atom. The summed E-state index contributed by atoms with van der Waals surface area (Å²) in [5, 5.41) is 2.91. The number of nitrogens with one attached hydrogen (secondary N) is 1. The summed E-state index contributed by atoms with van der Waals surface area (Å²) in [6.07, 6.45) is 5.09. The van der Waals surface area contributed by atoms with Crippen LogP contribution in [-0.2, 0) is 6.54 Å². The van der Waals surface area contributed by atoms with Crippen molar-refractivity contribution in [1.82, 2.24) is 15.3 Å². The van der Waals surface area contributed by atoms with E-state index in [4.69, 9.17) is 0 Å². The lowest BCUT2D eigenvalue weighted by atomic mass is 10.2. The van der Waals surface area contributed by atoms with Crippen LogP contribution in [0.4, 0.5) is 11.5 Å². The van der Waals surface area contributed by atoms with Crippen LogP contribution < -0.4 is 15.1 Å². The zero-order valence-electron chi connectivity index (χ0n) is 15.7. The van der Waals surface area contributed by atoms with Crippen molar-refractivity contribution < 1.29 is 4.79 Å². The Labute approximate surface area is 164 Å². The van der Waals surface area contributed by atoms with E-state index in [9.17, 15) is 4.79 Å². The molecule has 0 radical (unpaired) electrons. The second-order valence-electron chi connectivity index (χ2n) is 6.75. The largest absolute Gasteiger partial charge is 0.368 e. The number of aromatic nitrogens is 2. The van der Waals surface area contributed by atoms with Gasteiger partial charge in [0.15, 0.2) is 0 Å². The molecule has 1 aliphatic heterocycles. The first-order valence-electron chi connectivity index (χ1n) is 9.48. The Hall–Kier alpha value is -3.41. The minimum Gasteiger partial charge on any atom is -0.368 e. The molecular formula is C22H23N5O. The third kappa shape index (κ3) is 4.28. The Balaban J connectivity index is 1.31. The van der Waals surface area contributed by atoms with Gasteiger partial charge in [-0.3, -0.25) is 9.78 Å². The predicted octanol–water partition coefficient (Wildman–Crippen LogP) is 2.73. The summed E-state index contributed by atoms with van der Waals surface area (Å²) < 4.78 is 0. The van der Waals surface area contributed by atoms with Crippen molar-refractivity contribution in [2.75, 3.05) is 36.0 Å². The maximum Gasteiger partial charge on any atom is 0.253 e. The van der Waals surface area contributed by atoms with E-state index in [0.29, 0.717) is 12.1 Å². The fourth-order valence-corrected chi connectivity index (χ4v) is 3.33. The molecule has 6 heteroatoms. The highest BCUT2D eigenvalue weighted by molar-refractivity contribution is 5.94. The number of para-hydroxylation sites is 1. The number of hydrogen-bond donors (Lipinski definition) is 1. The monoisotopic (exact) mass is 373 g/mol. The maximum absolute atomic E-state index is 12.3. The molecule has 0 spiro atoms. The van der Waals surface area contributed by atoms with Crippen LogP contribution in [0, 0.1) is 0 Å². The van der Waals surface area contributed by atoms with E-state index >= 15 is 0 Å². The van der Waals surface area contributed by atoms with E-state index in [1.54, 1.807) is 18.6 Å². The quantitative estimate of drug-likeness (QED) is 0.745. The van der Waals surface area contributed by atoms with E-state index < -0.39 is 0 Å². The zero-order chi connectivity index (χ0) is 19.2. The number of benzene rings is 1. The van der Waals surface area contributed by atoms with E-state index in [1.807, 2.05) is 30.3 Å². The summed E-state index contributed by atoms with van der Waals surface area (Å²) >= 11 is 0. The number of rotatable bonds is 5. The summed E-state index contributed by atoms with van der Waals surface area (Å²) in [6.45, 7) is 4.22. The third-order valence-electron chi connectivity index (χ3n) is 4.94. The number of carbonyl (C=O) groups excluding carboxylic acids is 1. The summed E-state index contributed by atoms with van der Waals surface area (Å²) in [6, 6.07) is 18.0. The molecule has 1 amide bonds. The van der Waals surface area contributed by atoms with Gasteiger partial charge in [-0.2, -0.15) is 0 Å². The molecule has 1 aliphatic rings. The van der Waals surface area contributed by atoms with Crippen LogP contribution in [0.3, 0.4) is 0 Å². The van der Waals surface area contributed by atoms with E-state index in [2.05, 4.69) is 49.4 Å². The smallest absolute Gasteiger partial charge is 0.253 e. The van der Waals surface area contributed by atoms with Gasteiger partial charge >= 0.3 is 0 Å². The highest BCUT2D eigenvalue weighted by atomic mass is 16.1. The first-order chi connectivity index (χ1) is 13.8. The van der Waals surface area contributed by atoms with E-state index in [-0.39, 0.29) is 5.91 Å². The van der Waals surface area contributed by atoms with Gasteiger partial charge < -0.3 is 15.1 Å². The third-order valence-corrected chi connectivity index (χ3v) is 4.94. The van der Waals surface area contributed by atoms with E-state index in [1.165, 1.54) is 5.69 Å². The van der Waals surface area contributed by atoms with Gasteiger partial charge in [-0.05, 0) is 42.0 Å². The first-order valence-corrected chi connectivity index (χ1v) is 9.48.